The molecule has 0 heterocycles. The molecule has 0 unspecified atom stereocenters. The molecule has 0 aliphatic heterocycles. The summed E-state index contributed by atoms with van der Waals surface area (Å²) < 4.78 is 4.27. The second-order valence-corrected chi connectivity index (χ2v) is 5.31. The molecule has 0 spiro atoms. The van der Waals surface area contributed by atoms with Crippen molar-refractivity contribution in [1.29, 1.82) is 0 Å². The van der Waals surface area contributed by atoms with Gasteiger partial charge in [0.2, 0.25) is 0 Å². The quantitative estimate of drug-likeness (QED) is 0.736. The van der Waals surface area contributed by atoms with Crippen molar-refractivity contribution in [3.05, 3.63) is 0 Å². The summed E-state index contributed by atoms with van der Waals surface area (Å²) in [7, 11) is 0. The van der Waals surface area contributed by atoms with E-state index in [1.807, 2.05) is 0 Å². The maximum atomic E-state index is 4.27. The molecule has 0 fully saturated rings. The van der Waals surface area contributed by atoms with Gasteiger partial charge >= 0.3 is 81.5 Å². The molecule has 0 N–H and O–H groups in total. The first-order valence-corrected chi connectivity index (χ1v) is 5.58. The molecule has 11 heavy (non-hydrogen) atoms. The van der Waals surface area contributed by atoms with Gasteiger partial charge in [-0.25, -0.2) is 0 Å². The number of nitrogens with zero attached hydrogens (tertiary/aromatic N) is 1. The molecular weight excluding hydrogens is 306 g/mol. The molecule has 0 aromatic rings. The fourth-order valence-corrected chi connectivity index (χ4v) is 2.19. The van der Waals surface area contributed by atoms with E-state index in [2.05, 4.69) is 31.2 Å². The topological polar surface area (TPSA) is 12.4 Å². The van der Waals surface area contributed by atoms with Crippen molar-refractivity contribution < 1.29 is 19.6 Å². The minimum atomic E-state index is 0.437. The minimum absolute atomic E-state index is 0.437. The van der Waals surface area contributed by atoms with Gasteiger partial charge in [0, 0.05) is 0 Å². The molecule has 0 bridgehead atoms. The average Bonchev–Trinajstić information content (AvgIpc) is 1.84. The Labute approximate surface area is 81.7 Å². The molecule has 0 atom stereocenters. The zero-order chi connectivity index (χ0) is 8.91. The van der Waals surface area contributed by atoms with Crippen molar-refractivity contribution >= 4 is 0 Å². The van der Waals surface area contributed by atoms with Crippen LogP contribution in [-0.2, 0) is 19.6 Å². The summed E-state index contributed by atoms with van der Waals surface area (Å²) in [6.45, 7) is 10.2. The molecule has 0 aromatic heterocycles. The Balaban J connectivity index is 3.62. The van der Waals surface area contributed by atoms with Crippen molar-refractivity contribution in [2.24, 2.45) is 14.8 Å². The molecule has 0 radical (unpaired) electrons. The summed E-state index contributed by atoms with van der Waals surface area (Å²) in [6.07, 6.45) is 2.64. The molecule has 1 nitrogen and oxygen atoms in total. The van der Waals surface area contributed by atoms with E-state index in [1.54, 1.807) is 0 Å². The monoisotopic (exact) mass is 325 g/mol. The summed E-state index contributed by atoms with van der Waals surface area (Å²) in [4.78, 5) is 0. The van der Waals surface area contributed by atoms with Crippen LogP contribution in [0.15, 0.2) is 3.50 Å². The van der Waals surface area contributed by atoms with Gasteiger partial charge in [0.15, 0.2) is 0 Å². The second-order valence-electron chi connectivity index (χ2n) is 4.38. The molecule has 0 aromatic carbocycles. The zero-order valence-electron chi connectivity index (χ0n) is 8.05. The van der Waals surface area contributed by atoms with Crippen molar-refractivity contribution in [1.82, 2.24) is 0 Å². The third-order valence-electron chi connectivity index (χ3n) is 1.89. The van der Waals surface area contributed by atoms with Gasteiger partial charge in [-0.2, -0.15) is 0 Å². The van der Waals surface area contributed by atoms with Crippen molar-refractivity contribution in [3.8, 4) is 0 Å². The number of rotatable bonds is 5. The third kappa shape index (κ3) is 6.87. The fraction of sp³-hybridized carbons (Fsp3) is 1.00. The van der Waals surface area contributed by atoms with Gasteiger partial charge in [-0.1, -0.05) is 0 Å². The predicted molar refractivity (Wildman–Crippen MR) is 45.1 cm³/mol. The van der Waals surface area contributed by atoms with Gasteiger partial charge in [-0.15, -0.1) is 0 Å². The molecule has 0 aliphatic rings. The van der Waals surface area contributed by atoms with Crippen LogP contribution in [0, 0.1) is 11.3 Å². The van der Waals surface area contributed by atoms with Crippen LogP contribution in [-0.4, -0.2) is 6.54 Å². The predicted octanol–water partition coefficient (Wildman–Crippen LogP) is 3.18. The molecule has 2 heteroatoms. The van der Waals surface area contributed by atoms with Crippen LogP contribution in [0.3, 0.4) is 0 Å². The first kappa shape index (κ1) is 11.5. The van der Waals surface area contributed by atoms with Crippen LogP contribution >= 0.6 is 0 Å². The van der Waals surface area contributed by atoms with Crippen LogP contribution in [0.5, 0.6) is 0 Å². The van der Waals surface area contributed by atoms with Gasteiger partial charge in [-0.05, 0) is 0 Å². The van der Waals surface area contributed by atoms with E-state index in [4.69, 9.17) is 0 Å². The Morgan fingerprint density at radius 1 is 1.36 bits per heavy atom. The van der Waals surface area contributed by atoms with Gasteiger partial charge < -0.3 is 0 Å². The summed E-state index contributed by atoms with van der Waals surface area (Å²) in [6, 6.07) is 0. The van der Waals surface area contributed by atoms with E-state index in [0.717, 1.165) is 12.5 Å². The Kier molecular flexibility index (Phi) is 5.42. The first-order chi connectivity index (χ1) is 4.98. The van der Waals surface area contributed by atoms with Crippen LogP contribution in [0.25, 0.3) is 0 Å². The molecule has 0 rings (SSSR count). The van der Waals surface area contributed by atoms with E-state index in [0.29, 0.717) is 5.41 Å². The van der Waals surface area contributed by atoms with Crippen LogP contribution in [0.2, 0.25) is 0 Å². The third-order valence-corrected chi connectivity index (χ3v) is 2.35. The van der Waals surface area contributed by atoms with Crippen LogP contribution < -0.4 is 0 Å². The van der Waals surface area contributed by atoms with E-state index >= 15 is 0 Å². The Bertz CT molecular complexity index is 119. The van der Waals surface area contributed by atoms with Gasteiger partial charge in [0.1, 0.15) is 0 Å². The molecular formula is C9H19NW. The molecule has 0 saturated carbocycles. The molecule has 0 amide bonds. The van der Waals surface area contributed by atoms with E-state index < -0.39 is 0 Å². The molecule has 66 valence electrons. The molecule has 0 aliphatic carbocycles. The van der Waals surface area contributed by atoms with Gasteiger partial charge in [-0.3, -0.25) is 0 Å². The average molecular weight is 325 g/mol. The van der Waals surface area contributed by atoms with Gasteiger partial charge in [0.25, 0.3) is 0 Å². The van der Waals surface area contributed by atoms with E-state index in [1.165, 1.54) is 32.5 Å². The first-order valence-electron chi connectivity index (χ1n) is 4.27. The summed E-state index contributed by atoms with van der Waals surface area (Å²) >= 11 is 1.36. The van der Waals surface area contributed by atoms with Crippen LogP contribution in [0.4, 0.5) is 0 Å². The van der Waals surface area contributed by atoms with Crippen LogP contribution in [0.1, 0.15) is 40.5 Å². The summed E-state index contributed by atoms with van der Waals surface area (Å²) in [5.41, 5.74) is 0.437. The molecule has 0 saturated heterocycles. The number of hydrogen-bond donors (Lipinski definition) is 0. The second kappa shape index (κ2) is 5.19. The van der Waals surface area contributed by atoms with Crippen molar-refractivity contribution in [2.45, 2.75) is 40.5 Å². The fourth-order valence-electron chi connectivity index (χ4n) is 0.933. The van der Waals surface area contributed by atoms with Gasteiger partial charge in [0.05, 0.1) is 0 Å². The zero-order valence-corrected chi connectivity index (χ0v) is 11.0. The summed E-state index contributed by atoms with van der Waals surface area (Å²) in [5, 5.41) is 0. The standard InChI is InChI=1S/C9H19N.W/c1-8(2)5-6-9(3,4)7-10;/h8H,5-7H2,1-4H3;. The summed E-state index contributed by atoms with van der Waals surface area (Å²) in [5.74, 6) is 0.832. The van der Waals surface area contributed by atoms with Crippen molar-refractivity contribution in [3.63, 3.8) is 0 Å². The van der Waals surface area contributed by atoms with E-state index in [9.17, 15) is 0 Å². The van der Waals surface area contributed by atoms with Crippen molar-refractivity contribution in [2.75, 3.05) is 6.54 Å². The normalized spacial score (nSPS) is 12.1. The Morgan fingerprint density at radius 3 is 2.27 bits per heavy atom. The Hall–Kier alpha value is 0.488. The maximum absolute atomic E-state index is 4.27. The number of hydrogen-bond acceptors (Lipinski definition) is 1. The SMILES string of the molecule is CC(C)CCC(C)(C)C[N]=[W]. The van der Waals surface area contributed by atoms with E-state index in [-0.39, 0.29) is 0 Å². The Morgan fingerprint density at radius 2 is 1.91 bits per heavy atom.